The fourth-order valence-corrected chi connectivity index (χ4v) is 1.09. The van der Waals surface area contributed by atoms with E-state index in [4.69, 9.17) is 10.2 Å². The smallest absolute Gasteiger partial charge is 0.317 e. The number of aliphatic carboxylic acids is 2. The lowest BCUT2D eigenvalue weighted by molar-refractivity contribution is -0.154. The molecule has 6 heteroatoms. The first-order valence-corrected chi connectivity index (χ1v) is 4.65. The Kier molecular flexibility index (Phi) is 6.08. The Balaban J connectivity index is 3.68. The Labute approximate surface area is 87.3 Å². The van der Waals surface area contributed by atoms with E-state index in [0.717, 1.165) is 0 Å². The lowest BCUT2D eigenvalue weighted by Crippen LogP contribution is -2.24. The van der Waals surface area contributed by atoms with Crippen molar-refractivity contribution in [1.29, 1.82) is 0 Å². The van der Waals surface area contributed by atoms with E-state index >= 15 is 0 Å². The number of nitrogens with one attached hydrogen (secondary N) is 1. The summed E-state index contributed by atoms with van der Waals surface area (Å²) in [5, 5.41) is 19.6. The van der Waals surface area contributed by atoms with Gasteiger partial charge in [0.25, 0.3) is 0 Å². The van der Waals surface area contributed by atoms with Gasteiger partial charge in [-0.05, 0) is 12.8 Å². The molecule has 0 aromatic carbocycles. The SMILES string of the molecule is CC(=O)NCCCCC(C(=O)O)C(=O)O. The second kappa shape index (κ2) is 6.80. The van der Waals surface area contributed by atoms with Crippen molar-refractivity contribution in [3.63, 3.8) is 0 Å². The molecule has 0 aliphatic rings. The normalized spacial score (nSPS) is 10.0. The van der Waals surface area contributed by atoms with Gasteiger partial charge in [0, 0.05) is 13.5 Å². The topological polar surface area (TPSA) is 104 Å². The third kappa shape index (κ3) is 6.48. The van der Waals surface area contributed by atoms with Gasteiger partial charge >= 0.3 is 11.9 Å². The first-order valence-electron chi connectivity index (χ1n) is 4.65. The zero-order valence-corrected chi connectivity index (χ0v) is 8.52. The number of hydrogen-bond donors (Lipinski definition) is 3. The average molecular weight is 217 g/mol. The number of unbranched alkanes of at least 4 members (excludes halogenated alkanes) is 1. The molecule has 0 heterocycles. The van der Waals surface area contributed by atoms with Crippen LogP contribution in [-0.2, 0) is 14.4 Å². The highest BCUT2D eigenvalue weighted by Crippen LogP contribution is 2.08. The van der Waals surface area contributed by atoms with E-state index < -0.39 is 17.9 Å². The van der Waals surface area contributed by atoms with Gasteiger partial charge in [-0.25, -0.2) is 0 Å². The first-order chi connectivity index (χ1) is 6.95. The first kappa shape index (κ1) is 13.4. The van der Waals surface area contributed by atoms with Crippen LogP contribution in [0.3, 0.4) is 0 Å². The fourth-order valence-electron chi connectivity index (χ4n) is 1.09. The molecule has 0 aliphatic carbocycles. The minimum atomic E-state index is -1.35. The van der Waals surface area contributed by atoms with E-state index in [1.54, 1.807) is 0 Å². The Bertz CT molecular complexity index is 237. The van der Waals surface area contributed by atoms with Gasteiger partial charge in [-0.2, -0.15) is 0 Å². The van der Waals surface area contributed by atoms with Crippen molar-refractivity contribution in [3.05, 3.63) is 0 Å². The maximum atomic E-state index is 10.5. The van der Waals surface area contributed by atoms with Crippen LogP contribution in [0.5, 0.6) is 0 Å². The summed E-state index contributed by atoms with van der Waals surface area (Å²) < 4.78 is 0. The average Bonchev–Trinajstić information content (AvgIpc) is 2.08. The van der Waals surface area contributed by atoms with Crippen LogP contribution in [0.2, 0.25) is 0 Å². The van der Waals surface area contributed by atoms with Crippen LogP contribution < -0.4 is 5.32 Å². The van der Waals surface area contributed by atoms with Gasteiger partial charge in [0.05, 0.1) is 0 Å². The summed E-state index contributed by atoms with van der Waals surface area (Å²) in [6.45, 7) is 1.83. The van der Waals surface area contributed by atoms with E-state index in [0.29, 0.717) is 19.4 Å². The van der Waals surface area contributed by atoms with Crippen molar-refractivity contribution in [2.75, 3.05) is 6.54 Å². The van der Waals surface area contributed by atoms with Gasteiger partial charge in [-0.15, -0.1) is 0 Å². The molecule has 1 amide bonds. The molecule has 6 nitrogen and oxygen atoms in total. The molecule has 86 valence electrons. The number of carboxylic acid groups (broad SMARTS) is 2. The van der Waals surface area contributed by atoms with Crippen LogP contribution in [-0.4, -0.2) is 34.6 Å². The van der Waals surface area contributed by atoms with Crippen molar-refractivity contribution in [2.24, 2.45) is 5.92 Å². The van der Waals surface area contributed by atoms with Crippen molar-refractivity contribution >= 4 is 17.8 Å². The van der Waals surface area contributed by atoms with Gasteiger partial charge in [0.1, 0.15) is 0 Å². The highest BCUT2D eigenvalue weighted by atomic mass is 16.4. The zero-order chi connectivity index (χ0) is 11.8. The molecule has 0 radical (unpaired) electrons. The molecule has 0 unspecified atom stereocenters. The van der Waals surface area contributed by atoms with Crippen molar-refractivity contribution in [3.8, 4) is 0 Å². The number of carboxylic acids is 2. The molecule has 0 aromatic heterocycles. The number of rotatable bonds is 7. The van der Waals surface area contributed by atoms with Crippen LogP contribution in [0.25, 0.3) is 0 Å². The molecule has 15 heavy (non-hydrogen) atoms. The zero-order valence-electron chi connectivity index (χ0n) is 8.52. The summed E-state index contributed by atoms with van der Waals surface area (Å²) >= 11 is 0. The lowest BCUT2D eigenvalue weighted by Gasteiger charge is -2.06. The van der Waals surface area contributed by atoms with Crippen molar-refractivity contribution in [1.82, 2.24) is 5.32 Å². The third-order valence-electron chi connectivity index (χ3n) is 1.89. The van der Waals surface area contributed by atoms with E-state index in [-0.39, 0.29) is 12.3 Å². The second-order valence-corrected chi connectivity index (χ2v) is 3.21. The molecule has 0 aliphatic heterocycles. The van der Waals surface area contributed by atoms with Gasteiger partial charge in [-0.3, -0.25) is 14.4 Å². The lowest BCUT2D eigenvalue weighted by atomic mass is 10.0. The minimum absolute atomic E-state index is 0.0876. The Hall–Kier alpha value is -1.59. The molecule has 0 spiro atoms. The Morgan fingerprint density at radius 3 is 2.07 bits per heavy atom. The molecule has 0 saturated carbocycles. The van der Waals surface area contributed by atoms with E-state index in [1.165, 1.54) is 6.92 Å². The van der Waals surface area contributed by atoms with Crippen molar-refractivity contribution < 1.29 is 24.6 Å². The molecular weight excluding hydrogens is 202 g/mol. The summed E-state index contributed by atoms with van der Waals surface area (Å²) in [5.41, 5.74) is 0. The van der Waals surface area contributed by atoms with Gasteiger partial charge < -0.3 is 15.5 Å². The van der Waals surface area contributed by atoms with Gasteiger partial charge in [0.2, 0.25) is 5.91 Å². The fraction of sp³-hybridized carbons (Fsp3) is 0.667. The summed E-state index contributed by atoms with van der Waals surface area (Å²) in [5.74, 6) is -4.13. The molecule has 0 fully saturated rings. The van der Waals surface area contributed by atoms with E-state index in [9.17, 15) is 14.4 Å². The van der Waals surface area contributed by atoms with Crippen LogP contribution >= 0.6 is 0 Å². The Morgan fingerprint density at radius 2 is 1.67 bits per heavy atom. The summed E-state index contributed by atoms with van der Waals surface area (Å²) in [4.78, 5) is 31.4. The molecule has 0 rings (SSSR count). The standard InChI is InChI=1S/C9H15NO5/c1-6(11)10-5-3-2-4-7(8(12)13)9(14)15/h7H,2-5H2,1H3,(H,10,11)(H,12,13)(H,14,15). The van der Waals surface area contributed by atoms with Crippen LogP contribution in [0.4, 0.5) is 0 Å². The number of carbonyl (C=O) groups is 3. The predicted octanol–water partition coefficient (Wildman–Crippen LogP) is 0.0782. The highest BCUT2D eigenvalue weighted by molar-refractivity contribution is 5.92. The minimum Gasteiger partial charge on any atom is -0.481 e. The number of amides is 1. The maximum absolute atomic E-state index is 10.5. The predicted molar refractivity (Wildman–Crippen MR) is 51.3 cm³/mol. The molecular formula is C9H15NO5. The molecule has 0 bridgehead atoms. The molecule has 0 atom stereocenters. The largest absolute Gasteiger partial charge is 0.481 e. The monoisotopic (exact) mass is 217 g/mol. The van der Waals surface area contributed by atoms with Gasteiger partial charge in [-0.1, -0.05) is 6.42 Å². The Morgan fingerprint density at radius 1 is 1.13 bits per heavy atom. The van der Waals surface area contributed by atoms with Crippen LogP contribution in [0.15, 0.2) is 0 Å². The maximum Gasteiger partial charge on any atom is 0.317 e. The van der Waals surface area contributed by atoms with Crippen LogP contribution in [0.1, 0.15) is 26.2 Å². The van der Waals surface area contributed by atoms with E-state index in [2.05, 4.69) is 5.32 Å². The number of carbonyl (C=O) groups excluding carboxylic acids is 1. The molecule has 3 N–H and O–H groups in total. The number of hydrogen-bond acceptors (Lipinski definition) is 3. The highest BCUT2D eigenvalue weighted by Gasteiger charge is 2.24. The summed E-state index contributed by atoms with van der Waals surface area (Å²) in [6, 6.07) is 0. The molecule has 0 aromatic rings. The van der Waals surface area contributed by atoms with E-state index in [1.807, 2.05) is 0 Å². The van der Waals surface area contributed by atoms with Crippen molar-refractivity contribution in [2.45, 2.75) is 26.2 Å². The molecule has 0 saturated heterocycles. The second-order valence-electron chi connectivity index (χ2n) is 3.21. The summed E-state index contributed by atoms with van der Waals surface area (Å²) in [7, 11) is 0. The van der Waals surface area contributed by atoms with Gasteiger partial charge in [0.15, 0.2) is 5.92 Å². The third-order valence-corrected chi connectivity index (χ3v) is 1.89. The van der Waals surface area contributed by atoms with Crippen LogP contribution in [0, 0.1) is 5.92 Å². The quantitative estimate of drug-likeness (QED) is 0.414. The summed E-state index contributed by atoms with van der Waals surface area (Å²) in [6.07, 6.45) is 1.13.